The molecule has 0 radical (unpaired) electrons. The lowest BCUT2D eigenvalue weighted by molar-refractivity contribution is 0.0378. The first-order chi connectivity index (χ1) is 12.3. The number of rotatable bonds is 4. The standard InChI is InChI=1S/C19H21FN4O2/c1-10(2)24-12(5)23-18-15(20)6-13(7-16(18)24)17-14(8-21-9-22-17)19(25)26-11(3)4/h6-11H,1-5H3. The smallest absolute Gasteiger partial charge is 0.342 e. The minimum Gasteiger partial charge on any atom is -0.459 e. The third-order valence-electron chi connectivity index (χ3n) is 3.99. The highest BCUT2D eigenvalue weighted by molar-refractivity contribution is 5.97. The second-order valence-electron chi connectivity index (χ2n) is 6.69. The molecule has 3 rings (SSSR count). The van der Waals surface area contributed by atoms with Crippen molar-refractivity contribution in [3.05, 3.63) is 41.9 Å². The lowest BCUT2D eigenvalue weighted by Gasteiger charge is -2.13. The van der Waals surface area contributed by atoms with Crippen molar-refractivity contribution >= 4 is 17.0 Å². The lowest BCUT2D eigenvalue weighted by Crippen LogP contribution is -2.13. The highest BCUT2D eigenvalue weighted by Crippen LogP contribution is 2.30. The maximum atomic E-state index is 14.7. The Bertz CT molecular complexity index is 979. The van der Waals surface area contributed by atoms with E-state index in [0.29, 0.717) is 22.3 Å². The summed E-state index contributed by atoms with van der Waals surface area (Å²) < 4.78 is 21.9. The Balaban J connectivity index is 2.21. The van der Waals surface area contributed by atoms with Gasteiger partial charge < -0.3 is 9.30 Å². The average molecular weight is 356 g/mol. The molecule has 0 saturated heterocycles. The molecule has 0 aliphatic heterocycles. The van der Waals surface area contributed by atoms with Gasteiger partial charge in [0.2, 0.25) is 0 Å². The van der Waals surface area contributed by atoms with Gasteiger partial charge >= 0.3 is 5.97 Å². The third-order valence-corrected chi connectivity index (χ3v) is 3.99. The molecule has 0 unspecified atom stereocenters. The second-order valence-corrected chi connectivity index (χ2v) is 6.69. The van der Waals surface area contributed by atoms with Crippen LogP contribution in [0.3, 0.4) is 0 Å². The minimum atomic E-state index is -0.537. The molecular weight excluding hydrogens is 335 g/mol. The summed E-state index contributed by atoms with van der Waals surface area (Å²) in [7, 11) is 0. The first kappa shape index (κ1) is 18.0. The van der Waals surface area contributed by atoms with Gasteiger partial charge in [-0.3, -0.25) is 0 Å². The zero-order valence-corrected chi connectivity index (χ0v) is 15.4. The van der Waals surface area contributed by atoms with Crippen LogP contribution in [0.5, 0.6) is 0 Å². The topological polar surface area (TPSA) is 69.9 Å². The van der Waals surface area contributed by atoms with Crippen LogP contribution in [0.2, 0.25) is 0 Å². The van der Waals surface area contributed by atoms with Gasteiger partial charge in [0.15, 0.2) is 5.82 Å². The van der Waals surface area contributed by atoms with Gasteiger partial charge in [-0.1, -0.05) is 0 Å². The molecule has 7 heteroatoms. The Hall–Kier alpha value is -2.83. The van der Waals surface area contributed by atoms with Crippen molar-refractivity contribution in [2.75, 3.05) is 0 Å². The van der Waals surface area contributed by atoms with E-state index in [4.69, 9.17) is 4.74 Å². The first-order valence-electron chi connectivity index (χ1n) is 8.49. The summed E-state index contributed by atoms with van der Waals surface area (Å²) in [6.45, 7) is 9.38. The number of halogens is 1. The van der Waals surface area contributed by atoms with Crippen molar-refractivity contribution in [3.8, 4) is 11.3 Å². The maximum absolute atomic E-state index is 14.7. The van der Waals surface area contributed by atoms with Gasteiger partial charge in [0.05, 0.1) is 17.3 Å². The number of imidazole rings is 1. The SMILES string of the molecule is Cc1nc2c(F)cc(-c3ncncc3C(=O)OC(C)C)cc2n1C(C)C. The fourth-order valence-corrected chi connectivity index (χ4v) is 3.04. The number of carbonyl (C=O) groups excluding carboxylic acids is 1. The number of nitrogens with zero attached hydrogens (tertiary/aromatic N) is 4. The number of esters is 1. The quantitative estimate of drug-likeness (QED) is 0.659. The van der Waals surface area contributed by atoms with Crippen molar-refractivity contribution in [2.24, 2.45) is 0 Å². The largest absolute Gasteiger partial charge is 0.459 e. The number of aromatic nitrogens is 4. The molecule has 0 aliphatic rings. The van der Waals surface area contributed by atoms with Crippen LogP contribution in [0.15, 0.2) is 24.7 Å². The molecule has 2 heterocycles. The van der Waals surface area contributed by atoms with Gasteiger partial charge in [0, 0.05) is 17.8 Å². The summed E-state index contributed by atoms with van der Waals surface area (Å²) in [5.74, 6) is -0.264. The number of hydrogen-bond donors (Lipinski definition) is 0. The van der Waals surface area contributed by atoms with Crippen molar-refractivity contribution in [3.63, 3.8) is 0 Å². The molecule has 6 nitrogen and oxygen atoms in total. The second kappa shape index (κ2) is 6.82. The van der Waals surface area contributed by atoms with E-state index in [-0.39, 0.29) is 17.7 Å². The van der Waals surface area contributed by atoms with Crippen molar-refractivity contribution in [2.45, 2.75) is 46.8 Å². The van der Waals surface area contributed by atoms with Crippen LogP contribution in [0.1, 0.15) is 49.9 Å². The van der Waals surface area contributed by atoms with Gasteiger partial charge in [0.25, 0.3) is 0 Å². The van der Waals surface area contributed by atoms with E-state index >= 15 is 0 Å². The maximum Gasteiger partial charge on any atom is 0.342 e. The van der Waals surface area contributed by atoms with Crippen LogP contribution < -0.4 is 0 Å². The molecule has 26 heavy (non-hydrogen) atoms. The van der Waals surface area contributed by atoms with Crippen LogP contribution in [-0.2, 0) is 4.74 Å². The van der Waals surface area contributed by atoms with Crippen LogP contribution in [0, 0.1) is 12.7 Å². The molecule has 0 aliphatic carbocycles. The molecule has 3 aromatic rings. The minimum absolute atomic E-state index is 0.116. The number of hydrogen-bond acceptors (Lipinski definition) is 5. The normalized spacial score (nSPS) is 11.5. The monoisotopic (exact) mass is 356 g/mol. The van der Waals surface area contributed by atoms with Crippen LogP contribution in [0.4, 0.5) is 4.39 Å². The number of ether oxygens (including phenoxy) is 1. The summed E-state index contributed by atoms with van der Waals surface area (Å²) in [5.41, 5.74) is 1.98. The fourth-order valence-electron chi connectivity index (χ4n) is 3.04. The summed E-state index contributed by atoms with van der Waals surface area (Å²) in [6.07, 6.45) is 2.44. The van der Waals surface area contributed by atoms with Crippen LogP contribution >= 0.6 is 0 Å². The van der Waals surface area contributed by atoms with Gasteiger partial charge in [-0.2, -0.15) is 0 Å². The lowest BCUT2D eigenvalue weighted by atomic mass is 10.1. The summed E-state index contributed by atoms with van der Waals surface area (Å²) >= 11 is 0. The molecule has 0 saturated carbocycles. The summed E-state index contributed by atoms with van der Waals surface area (Å²) in [6, 6.07) is 3.26. The molecule has 0 N–H and O–H groups in total. The Kier molecular flexibility index (Phi) is 4.71. The van der Waals surface area contributed by atoms with E-state index in [1.54, 1.807) is 19.9 Å². The Morgan fingerprint density at radius 1 is 1.23 bits per heavy atom. The molecule has 0 amide bonds. The molecule has 0 bridgehead atoms. The van der Waals surface area contributed by atoms with Crippen LogP contribution in [0.25, 0.3) is 22.3 Å². The Labute approximate surface area is 151 Å². The molecule has 0 atom stereocenters. The van der Waals surface area contributed by atoms with E-state index < -0.39 is 11.8 Å². The van der Waals surface area contributed by atoms with Gasteiger partial charge in [0.1, 0.15) is 23.2 Å². The summed E-state index contributed by atoms with van der Waals surface area (Å²) in [5, 5.41) is 0. The molecule has 136 valence electrons. The van der Waals surface area contributed by atoms with E-state index in [0.717, 1.165) is 5.82 Å². The van der Waals surface area contributed by atoms with E-state index in [2.05, 4.69) is 15.0 Å². The highest BCUT2D eigenvalue weighted by Gasteiger charge is 2.21. The first-order valence-corrected chi connectivity index (χ1v) is 8.49. The molecule has 0 fully saturated rings. The Morgan fingerprint density at radius 2 is 1.96 bits per heavy atom. The molecular formula is C19H21FN4O2. The van der Waals surface area contributed by atoms with Gasteiger partial charge in [-0.15, -0.1) is 0 Å². The predicted octanol–water partition coefficient (Wildman–Crippen LogP) is 4.09. The van der Waals surface area contributed by atoms with Crippen LogP contribution in [-0.4, -0.2) is 31.6 Å². The Morgan fingerprint density at radius 3 is 2.62 bits per heavy atom. The zero-order chi connectivity index (χ0) is 19.0. The number of carbonyl (C=O) groups is 1. The van der Waals surface area contributed by atoms with Crippen molar-refractivity contribution < 1.29 is 13.9 Å². The van der Waals surface area contributed by atoms with Gasteiger partial charge in [-0.25, -0.2) is 24.1 Å². The number of benzene rings is 1. The number of fused-ring (bicyclic) bond motifs is 1. The summed E-state index contributed by atoms with van der Waals surface area (Å²) in [4.78, 5) is 24.8. The van der Waals surface area contributed by atoms with Gasteiger partial charge in [-0.05, 0) is 46.8 Å². The van der Waals surface area contributed by atoms with Crippen molar-refractivity contribution in [1.29, 1.82) is 0 Å². The molecule has 1 aromatic carbocycles. The fraction of sp³-hybridized carbons (Fsp3) is 0.368. The number of aryl methyl sites for hydroxylation is 1. The van der Waals surface area contributed by atoms with E-state index in [9.17, 15) is 9.18 Å². The average Bonchev–Trinajstić information content (AvgIpc) is 2.91. The third kappa shape index (κ3) is 3.16. The van der Waals surface area contributed by atoms with Crippen molar-refractivity contribution in [1.82, 2.24) is 19.5 Å². The predicted molar refractivity (Wildman–Crippen MR) is 96.4 cm³/mol. The molecule has 2 aromatic heterocycles. The van der Waals surface area contributed by atoms with E-state index in [1.165, 1.54) is 18.6 Å². The highest BCUT2D eigenvalue weighted by atomic mass is 19.1. The molecule has 0 spiro atoms. The van der Waals surface area contributed by atoms with E-state index in [1.807, 2.05) is 25.3 Å². The zero-order valence-electron chi connectivity index (χ0n) is 15.4.